The Kier molecular flexibility index (Phi) is 5.04. The Bertz CT molecular complexity index is 659. The molecule has 0 aliphatic heterocycles. The number of hydrogen-bond donors (Lipinski definition) is 1. The summed E-state index contributed by atoms with van der Waals surface area (Å²) < 4.78 is 16.1. The van der Waals surface area contributed by atoms with Crippen LogP contribution in [0.5, 0.6) is 17.2 Å². The van der Waals surface area contributed by atoms with Gasteiger partial charge < -0.3 is 19.5 Å². The van der Waals surface area contributed by atoms with Gasteiger partial charge in [-0.2, -0.15) is 5.10 Å². The zero-order valence-electron chi connectivity index (χ0n) is 13.6. The first-order valence-electron chi connectivity index (χ1n) is 6.93. The quantitative estimate of drug-likeness (QED) is 0.885. The van der Waals surface area contributed by atoms with Crippen LogP contribution in [-0.2, 0) is 6.54 Å². The lowest BCUT2D eigenvalue weighted by atomic mass is 10.1. The van der Waals surface area contributed by atoms with E-state index in [1.165, 1.54) is 0 Å². The van der Waals surface area contributed by atoms with Crippen LogP contribution in [0.1, 0.15) is 16.8 Å². The van der Waals surface area contributed by atoms with Gasteiger partial charge in [0.05, 0.1) is 27.0 Å². The smallest absolute Gasteiger partial charge is 0.203 e. The van der Waals surface area contributed by atoms with Crippen LogP contribution in [0, 0.1) is 13.8 Å². The summed E-state index contributed by atoms with van der Waals surface area (Å²) in [5, 5.41) is 11.5. The van der Waals surface area contributed by atoms with Crippen molar-refractivity contribution in [3.8, 4) is 17.2 Å². The van der Waals surface area contributed by atoms with Crippen molar-refractivity contribution in [2.45, 2.75) is 20.4 Å². The van der Waals surface area contributed by atoms with Gasteiger partial charge in [-0.05, 0) is 37.6 Å². The molecule has 1 heterocycles. The number of methoxy groups -OCH3 is 3. The SMILES string of the molecule is COc1ccc(CNc2cc(C)c(C)nn2)c(OC)c1OC. The van der Waals surface area contributed by atoms with Crippen LogP contribution in [0.4, 0.5) is 5.82 Å². The highest BCUT2D eigenvalue weighted by atomic mass is 16.5. The fourth-order valence-corrected chi connectivity index (χ4v) is 2.12. The summed E-state index contributed by atoms with van der Waals surface area (Å²) in [5.74, 6) is 2.58. The van der Waals surface area contributed by atoms with E-state index in [1.54, 1.807) is 21.3 Å². The maximum Gasteiger partial charge on any atom is 0.203 e. The van der Waals surface area contributed by atoms with Crippen LogP contribution < -0.4 is 19.5 Å². The topological polar surface area (TPSA) is 65.5 Å². The maximum atomic E-state index is 5.46. The minimum absolute atomic E-state index is 0.542. The van der Waals surface area contributed by atoms with Crippen molar-refractivity contribution in [1.82, 2.24) is 10.2 Å². The minimum atomic E-state index is 0.542. The molecule has 0 aliphatic carbocycles. The van der Waals surface area contributed by atoms with Gasteiger partial charge in [-0.25, -0.2) is 0 Å². The zero-order valence-corrected chi connectivity index (χ0v) is 13.6. The first kappa shape index (κ1) is 15.9. The van der Waals surface area contributed by atoms with Gasteiger partial charge >= 0.3 is 0 Å². The van der Waals surface area contributed by atoms with Gasteiger partial charge in [0.2, 0.25) is 5.75 Å². The van der Waals surface area contributed by atoms with E-state index < -0.39 is 0 Å². The molecule has 2 rings (SSSR count). The lowest BCUT2D eigenvalue weighted by Gasteiger charge is -2.16. The molecule has 22 heavy (non-hydrogen) atoms. The molecule has 0 fully saturated rings. The number of nitrogens with zero attached hydrogens (tertiary/aromatic N) is 2. The van der Waals surface area contributed by atoms with Gasteiger partial charge in [-0.3, -0.25) is 0 Å². The molecule has 6 nitrogen and oxygen atoms in total. The first-order chi connectivity index (χ1) is 10.6. The third kappa shape index (κ3) is 3.21. The Morgan fingerprint density at radius 3 is 2.27 bits per heavy atom. The number of benzene rings is 1. The summed E-state index contributed by atoms with van der Waals surface area (Å²) in [6, 6.07) is 5.75. The highest BCUT2D eigenvalue weighted by Crippen LogP contribution is 2.39. The molecule has 0 saturated carbocycles. The van der Waals surface area contributed by atoms with E-state index in [1.807, 2.05) is 32.0 Å². The molecule has 2 aromatic rings. The van der Waals surface area contributed by atoms with E-state index in [-0.39, 0.29) is 0 Å². The highest BCUT2D eigenvalue weighted by Gasteiger charge is 2.15. The summed E-state index contributed by atoms with van der Waals surface area (Å²) in [4.78, 5) is 0. The van der Waals surface area contributed by atoms with E-state index in [0.717, 1.165) is 22.6 Å². The summed E-state index contributed by atoms with van der Waals surface area (Å²) in [5.41, 5.74) is 2.96. The van der Waals surface area contributed by atoms with Gasteiger partial charge in [0.15, 0.2) is 11.5 Å². The molecular weight excluding hydrogens is 282 g/mol. The number of ether oxygens (including phenoxy) is 3. The monoisotopic (exact) mass is 303 g/mol. The van der Waals surface area contributed by atoms with Gasteiger partial charge in [0, 0.05) is 12.1 Å². The summed E-state index contributed by atoms with van der Waals surface area (Å²) in [6.07, 6.45) is 0. The van der Waals surface area contributed by atoms with Crippen LogP contribution >= 0.6 is 0 Å². The largest absolute Gasteiger partial charge is 0.493 e. The number of aryl methyl sites for hydroxylation is 2. The van der Waals surface area contributed by atoms with Crippen molar-refractivity contribution in [2.24, 2.45) is 0 Å². The number of nitrogens with one attached hydrogen (secondary N) is 1. The predicted octanol–water partition coefficient (Wildman–Crippen LogP) is 2.73. The van der Waals surface area contributed by atoms with Gasteiger partial charge in [0.25, 0.3) is 0 Å². The zero-order chi connectivity index (χ0) is 16.1. The van der Waals surface area contributed by atoms with Gasteiger partial charge in [-0.1, -0.05) is 0 Å². The van der Waals surface area contributed by atoms with Crippen molar-refractivity contribution in [2.75, 3.05) is 26.6 Å². The van der Waals surface area contributed by atoms with E-state index in [9.17, 15) is 0 Å². The molecule has 0 bridgehead atoms. The van der Waals surface area contributed by atoms with E-state index in [4.69, 9.17) is 14.2 Å². The average molecular weight is 303 g/mol. The molecule has 0 atom stereocenters. The summed E-state index contributed by atoms with van der Waals surface area (Å²) in [7, 11) is 4.79. The third-order valence-electron chi connectivity index (χ3n) is 3.48. The molecule has 6 heteroatoms. The predicted molar refractivity (Wildman–Crippen MR) is 84.9 cm³/mol. The van der Waals surface area contributed by atoms with Crippen molar-refractivity contribution in [3.63, 3.8) is 0 Å². The van der Waals surface area contributed by atoms with Crippen molar-refractivity contribution in [3.05, 3.63) is 35.0 Å². The Morgan fingerprint density at radius 1 is 0.955 bits per heavy atom. The first-order valence-corrected chi connectivity index (χ1v) is 6.93. The van der Waals surface area contributed by atoms with Crippen LogP contribution in [0.2, 0.25) is 0 Å². The second-order valence-corrected chi connectivity index (χ2v) is 4.84. The molecule has 0 radical (unpaired) electrons. The van der Waals surface area contributed by atoms with Crippen LogP contribution in [0.25, 0.3) is 0 Å². The lowest BCUT2D eigenvalue weighted by molar-refractivity contribution is 0.322. The molecule has 1 N–H and O–H groups in total. The Balaban J connectivity index is 2.23. The van der Waals surface area contributed by atoms with Crippen LogP contribution in [-0.4, -0.2) is 31.5 Å². The molecule has 0 spiro atoms. The summed E-state index contributed by atoms with van der Waals surface area (Å²) >= 11 is 0. The molecule has 118 valence electrons. The van der Waals surface area contributed by atoms with E-state index in [0.29, 0.717) is 23.8 Å². The van der Waals surface area contributed by atoms with Gasteiger partial charge in [-0.15, -0.1) is 5.10 Å². The number of rotatable bonds is 6. The summed E-state index contributed by atoms with van der Waals surface area (Å²) in [6.45, 7) is 4.48. The fourth-order valence-electron chi connectivity index (χ4n) is 2.12. The second-order valence-electron chi connectivity index (χ2n) is 4.84. The Morgan fingerprint density at radius 2 is 1.68 bits per heavy atom. The molecular formula is C16H21N3O3. The Labute approximate surface area is 130 Å². The third-order valence-corrected chi connectivity index (χ3v) is 3.48. The van der Waals surface area contributed by atoms with Crippen molar-refractivity contribution < 1.29 is 14.2 Å². The minimum Gasteiger partial charge on any atom is -0.493 e. The van der Waals surface area contributed by atoms with Crippen molar-refractivity contribution >= 4 is 5.82 Å². The molecule has 1 aromatic heterocycles. The molecule has 0 aliphatic rings. The van der Waals surface area contributed by atoms with Crippen LogP contribution in [0.15, 0.2) is 18.2 Å². The van der Waals surface area contributed by atoms with E-state index >= 15 is 0 Å². The standard InChI is InChI=1S/C16H21N3O3/c1-10-8-14(19-18-11(10)2)17-9-12-6-7-13(20-3)16(22-5)15(12)21-4/h6-8H,9H2,1-5H3,(H,17,19). The van der Waals surface area contributed by atoms with Crippen LogP contribution in [0.3, 0.4) is 0 Å². The maximum absolute atomic E-state index is 5.46. The lowest BCUT2D eigenvalue weighted by Crippen LogP contribution is -2.06. The molecule has 0 amide bonds. The number of anilines is 1. The number of hydrogen-bond acceptors (Lipinski definition) is 6. The highest BCUT2D eigenvalue weighted by molar-refractivity contribution is 5.56. The van der Waals surface area contributed by atoms with Gasteiger partial charge in [0.1, 0.15) is 5.82 Å². The molecule has 0 unspecified atom stereocenters. The average Bonchev–Trinajstić information content (AvgIpc) is 2.54. The fraction of sp³-hybridized carbons (Fsp3) is 0.375. The molecule has 0 saturated heterocycles. The molecule has 1 aromatic carbocycles. The van der Waals surface area contributed by atoms with E-state index in [2.05, 4.69) is 15.5 Å². The number of aromatic nitrogens is 2. The second kappa shape index (κ2) is 6.98. The normalized spacial score (nSPS) is 10.2. The van der Waals surface area contributed by atoms with Crippen molar-refractivity contribution in [1.29, 1.82) is 0 Å². The Hall–Kier alpha value is -2.50.